The minimum atomic E-state index is -0.268. The molecule has 0 aromatic heterocycles. The molecule has 0 rings (SSSR count). The topological polar surface area (TPSA) is 26.3 Å². The van der Waals surface area contributed by atoms with Gasteiger partial charge in [0.2, 0.25) is 0 Å². The van der Waals surface area contributed by atoms with Crippen molar-refractivity contribution in [3.05, 3.63) is 35.5 Å². The molecule has 19 heavy (non-hydrogen) atoms. The zero-order chi connectivity index (χ0) is 14.7. The number of rotatable bonds is 9. The summed E-state index contributed by atoms with van der Waals surface area (Å²) in [6.07, 6.45) is 9.35. The second-order valence-corrected chi connectivity index (χ2v) is 4.86. The van der Waals surface area contributed by atoms with E-state index in [4.69, 9.17) is 4.74 Å². The van der Waals surface area contributed by atoms with Crippen LogP contribution in [-0.2, 0) is 9.53 Å². The quantitative estimate of drug-likeness (QED) is 0.334. The first-order valence-corrected chi connectivity index (χ1v) is 7.17. The average molecular weight is 264 g/mol. The highest BCUT2D eigenvalue weighted by atomic mass is 16.5. The van der Waals surface area contributed by atoms with Crippen molar-refractivity contribution in [3.63, 3.8) is 0 Å². The Balaban J connectivity index is 3.93. The van der Waals surface area contributed by atoms with E-state index in [0.29, 0.717) is 18.6 Å². The Labute approximate surface area is 118 Å². The van der Waals surface area contributed by atoms with Crippen molar-refractivity contribution in [1.29, 1.82) is 0 Å². The SMILES string of the molecule is C=C(CC/C=C(\C)CC/C=C(\C)CC)C(=O)OCC. The first-order chi connectivity index (χ1) is 9.01. The molecule has 108 valence electrons. The third kappa shape index (κ3) is 9.29. The standard InChI is InChI=1S/C17H28O2/c1-6-14(3)10-8-11-15(4)12-9-13-16(5)17(18)19-7-2/h10,12H,5-9,11,13H2,1-4H3/b14-10+,15-12+. The minimum absolute atomic E-state index is 0.268. The molecule has 2 heteroatoms. The Bertz CT molecular complexity index is 348. The third-order valence-electron chi connectivity index (χ3n) is 3.09. The summed E-state index contributed by atoms with van der Waals surface area (Å²) in [5.74, 6) is -0.268. The lowest BCUT2D eigenvalue weighted by atomic mass is 10.1. The van der Waals surface area contributed by atoms with Crippen LogP contribution >= 0.6 is 0 Å². The van der Waals surface area contributed by atoms with Gasteiger partial charge in [-0.25, -0.2) is 4.79 Å². The normalized spacial score (nSPS) is 12.4. The van der Waals surface area contributed by atoms with Gasteiger partial charge in [-0.2, -0.15) is 0 Å². The van der Waals surface area contributed by atoms with Crippen molar-refractivity contribution in [2.24, 2.45) is 0 Å². The molecule has 0 saturated heterocycles. The lowest BCUT2D eigenvalue weighted by Crippen LogP contribution is -2.06. The Morgan fingerprint density at radius 3 is 2.21 bits per heavy atom. The van der Waals surface area contributed by atoms with Gasteiger partial charge >= 0.3 is 5.97 Å². The van der Waals surface area contributed by atoms with Gasteiger partial charge in [0.05, 0.1) is 6.61 Å². The van der Waals surface area contributed by atoms with E-state index in [1.165, 1.54) is 11.1 Å². The predicted molar refractivity (Wildman–Crippen MR) is 82.0 cm³/mol. The first kappa shape index (κ1) is 17.7. The Hall–Kier alpha value is -1.31. The molecule has 2 nitrogen and oxygen atoms in total. The summed E-state index contributed by atoms with van der Waals surface area (Å²) in [5.41, 5.74) is 3.38. The van der Waals surface area contributed by atoms with Crippen LogP contribution in [0, 0.1) is 0 Å². The van der Waals surface area contributed by atoms with Crippen molar-refractivity contribution in [2.45, 2.75) is 59.8 Å². The van der Waals surface area contributed by atoms with Gasteiger partial charge in [0.1, 0.15) is 0 Å². The van der Waals surface area contributed by atoms with Crippen LogP contribution in [0.2, 0.25) is 0 Å². The zero-order valence-electron chi connectivity index (χ0n) is 12.9. The van der Waals surface area contributed by atoms with Crippen molar-refractivity contribution < 1.29 is 9.53 Å². The molecule has 0 amide bonds. The maximum atomic E-state index is 11.3. The summed E-state index contributed by atoms with van der Waals surface area (Å²) in [4.78, 5) is 11.3. The largest absolute Gasteiger partial charge is 0.463 e. The highest BCUT2D eigenvalue weighted by molar-refractivity contribution is 5.87. The van der Waals surface area contributed by atoms with Gasteiger partial charge in [-0.1, -0.05) is 36.8 Å². The number of hydrogen-bond acceptors (Lipinski definition) is 2. The average Bonchev–Trinajstić information content (AvgIpc) is 2.38. The monoisotopic (exact) mass is 264 g/mol. The minimum Gasteiger partial charge on any atom is -0.463 e. The lowest BCUT2D eigenvalue weighted by Gasteiger charge is -2.04. The molecule has 0 fully saturated rings. The number of allylic oxidation sites excluding steroid dienone is 4. The van der Waals surface area contributed by atoms with Crippen molar-refractivity contribution in [2.75, 3.05) is 6.61 Å². The van der Waals surface area contributed by atoms with Crippen LogP contribution in [0.1, 0.15) is 59.8 Å². The number of ether oxygens (including phenoxy) is 1. The molecule has 0 aliphatic carbocycles. The molecular formula is C17H28O2. The van der Waals surface area contributed by atoms with E-state index < -0.39 is 0 Å². The number of esters is 1. The van der Waals surface area contributed by atoms with E-state index in [0.717, 1.165) is 25.7 Å². The van der Waals surface area contributed by atoms with E-state index in [1.807, 2.05) is 0 Å². The van der Waals surface area contributed by atoms with E-state index in [2.05, 4.69) is 39.5 Å². The maximum Gasteiger partial charge on any atom is 0.333 e. The molecule has 0 aliphatic heterocycles. The number of hydrogen-bond donors (Lipinski definition) is 0. The molecule has 0 atom stereocenters. The summed E-state index contributed by atoms with van der Waals surface area (Å²) < 4.78 is 4.90. The highest BCUT2D eigenvalue weighted by Gasteiger charge is 2.05. The third-order valence-corrected chi connectivity index (χ3v) is 3.09. The maximum absolute atomic E-state index is 11.3. The van der Waals surface area contributed by atoms with E-state index in [9.17, 15) is 4.79 Å². The van der Waals surface area contributed by atoms with Crippen molar-refractivity contribution in [1.82, 2.24) is 0 Å². The van der Waals surface area contributed by atoms with E-state index in [1.54, 1.807) is 6.92 Å². The zero-order valence-corrected chi connectivity index (χ0v) is 12.9. The smallest absolute Gasteiger partial charge is 0.333 e. The van der Waals surface area contributed by atoms with Crippen LogP contribution in [0.25, 0.3) is 0 Å². The Morgan fingerprint density at radius 2 is 1.63 bits per heavy atom. The fourth-order valence-electron chi connectivity index (χ4n) is 1.62. The Kier molecular flexibility index (Phi) is 9.87. The van der Waals surface area contributed by atoms with E-state index in [-0.39, 0.29) is 5.97 Å². The second kappa shape index (κ2) is 10.6. The molecule has 0 radical (unpaired) electrons. The fourth-order valence-corrected chi connectivity index (χ4v) is 1.62. The van der Waals surface area contributed by atoms with Gasteiger partial charge in [-0.05, 0) is 52.9 Å². The molecule has 0 saturated carbocycles. The molecule has 0 aromatic rings. The summed E-state index contributed by atoms with van der Waals surface area (Å²) >= 11 is 0. The second-order valence-electron chi connectivity index (χ2n) is 4.86. The molecule has 0 aromatic carbocycles. The van der Waals surface area contributed by atoms with Crippen molar-refractivity contribution >= 4 is 5.97 Å². The summed E-state index contributed by atoms with van der Waals surface area (Å²) in [6.45, 7) is 12.5. The molecular weight excluding hydrogens is 236 g/mol. The van der Waals surface area contributed by atoms with Gasteiger partial charge in [0.25, 0.3) is 0 Å². The molecule has 0 unspecified atom stereocenters. The van der Waals surface area contributed by atoms with Crippen LogP contribution in [0.3, 0.4) is 0 Å². The number of carbonyl (C=O) groups is 1. The first-order valence-electron chi connectivity index (χ1n) is 7.17. The van der Waals surface area contributed by atoms with Gasteiger partial charge in [-0.3, -0.25) is 0 Å². The summed E-state index contributed by atoms with van der Waals surface area (Å²) in [5, 5.41) is 0. The molecule has 0 bridgehead atoms. The molecule has 0 spiro atoms. The fraction of sp³-hybridized carbons (Fsp3) is 0.588. The van der Waals surface area contributed by atoms with Gasteiger partial charge in [0.15, 0.2) is 0 Å². The van der Waals surface area contributed by atoms with Gasteiger partial charge < -0.3 is 4.74 Å². The van der Waals surface area contributed by atoms with Gasteiger partial charge in [0, 0.05) is 5.57 Å². The van der Waals surface area contributed by atoms with Crippen LogP contribution in [-0.4, -0.2) is 12.6 Å². The molecule has 0 heterocycles. The molecule has 0 aliphatic rings. The number of carbonyl (C=O) groups excluding carboxylic acids is 1. The van der Waals surface area contributed by atoms with Crippen LogP contribution in [0.4, 0.5) is 0 Å². The molecule has 0 N–H and O–H groups in total. The van der Waals surface area contributed by atoms with Crippen LogP contribution < -0.4 is 0 Å². The predicted octanol–water partition coefficient (Wildman–Crippen LogP) is 4.97. The highest BCUT2D eigenvalue weighted by Crippen LogP contribution is 2.12. The van der Waals surface area contributed by atoms with Crippen LogP contribution in [0.15, 0.2) is 35.5 Å². The summed E-state index contributed by atoms with van der Waals surface area (Å²) in [7, 11) is 0. The Morgan fingerprint density at radius 1 is 1.05 bits per heavy atom. The van der Waals surface area contributed by atoms with E-state index >= 15 is 0 Å². The van der Waals surface area contributed by atoms with Gasteiger partial charge in [-0.15, -0.1) is 0 Å². The summed E-state index contributed by atoms with van der Waals surface area (Å²) in [6, 6.07) is 0. The van der Waals surface area contributed by atoms with Crippen molar-refractivity contribution in [3.8, 4) is 0 Å². The van der Waals surface area contributed by atoms with Crippen LogP contribution in [0.5, 0.6) is 0 Å². The lowest BCUT2D eigenvalue weighted by molar-refractivity contribution is -0.138.